The van der Waals surface area contributed by atoms with Gasteiger partial charge >= 0.3 is 0 Å². The van der Waals surface area contributed by atoms with E-state index in [-0.39, 0.29) is 5.91 Å². The summed E-state index contributed by atoms with van der Waals surface area (Å²) in [5.74, 6) is 0.670. The lowest BCUT2D eigenvalue weighted by Crippen LogP contribution is -2.36. The van der Waals surface area contributed by atoms with E-state index in [0.29, 0.717) is 6.54 Å². The van der Waals surface area contributed by atoms with Crippen LogP contribution < -0.4 is 10.1 Å². The summed E-state index contributed by atoms with van der Waals surface area (Å²) in [4.78, 5) is 15.0. The third-order valence-corrected chi connectivity index (χ3v) is 5.17. The van der Waals surface area contributed by atoms with Crippen molar-refractivity contribution in [1.29, 1.82) is 0 Å². The molecule has 0 saturated carbocycles. The molecule has 0 bridgehead atoms. The maximum atomic E-state index is 12.5. The maximum Gasteiger partial charge on any atom is 0.261 e. The first kappa shape index (κ1) is 19.4. The number of carbonyl (C=O) groups excluding carboxylic acids is 1. The van der Waals surface area contributed by atoms with Crippen LogP contribution in [0.5, 0.6) is 5.75 Å². The summed E-state index contributed by atoms with van der Waals surface area (Å²) in [6.45, 7) is 9.67. The summed E-state index contributed by atoms with van der Waals surface area (Å²) in [6, 6.07) is 14.4. The SMILES string of the molecule is Cc1ccc(OC(C)C(=O)NCc2ccccc2CN2CCCC2)c(C)c1. The van der Waals surface area contributed by atoms with Crippen molar-refractivity contribution in [3.8, 4) is 5.75 Å². The standard InChI is InChI=1S/C23H30N2O2/c1-17-10-11-22(18(2)14-17)27-19(3)23(26)24-15-20-8-4-5-9-21(20)16-25-12-6-7-13-25/h4-5,8-11,14,19H,6-7,12-13,15-16H2,1-3H3,(H,24,26). The second kappa shape index (κ2) is 9.05. The lowest BCUT2D eigenvalue weighted by molar-refractivity contribution is -0.127. The Morgan fingerprint density at radius 1 is 1.11 bits per heavy atom. The first-order valence-corrected chi connectivity index (χ1v) is 9.83. The van der Waals surface area contributed by atoms with Gasteiger partial charge < -0.3 is 10.1 Å². The van der Waals surface area contributed by atoms with Gasteiger partial charge in [0.15, 0.2) is 6.10 Å². The van der Waals surface area contributed by atoms with Gasteiger partial charge in [0.1, 0.15) is 5.75 Å². The first-order valence-electron chi connectivity index (χ1n) is 9.83. The molecule has 0 radical (unpaired) electrons. The Kier molecular flexibility index (Phi) is 6.51. The van der Waals surface area contributed by atoms with Gasteiger partial charge in [-0.1, -0.05) is 42.0 Å². The van der Waals surface area contributed by atoms with Crippen molar-refractivity contribution in [2.24, 2.45) is 0 Å². The minimum atomic E-state index is -0.530. The minimum absolute atomic E-state index is 0.0917. The number of ether oxygens (including phenoxy) is 1. The molecule has 1 aliphatic heterocycles. The second-order valence-electron chi connectivity index (χ2n) is 7.50. The minimum Gasteiger partial charge on any atom is -0.481 e. The molecular formula is C23H30N2O2. The van der Waals surface area contributed by atoms with Gasteiger partial charge in [0.05, 0.1) is 0 Å². The Bertz CT molecular complexity index is 782. The van der Waals surface area contributed by atoms with Gasteiger partial charge in [-0.25, -0.2) is 0 Å². The Morgan fingerprint density at radius 2 is 1.81 bits per heavy atom. The zero-order valence-corrected chi connectivity index (χ0v) is 16.6. The number of likely N-dealkylation sites (tertiary alicyclic amines) is 1. The molecule has 1 aliphatic rings. The number of rotatable bonds is 7. The van der Waals surface area contributed by atoms with Crippen LogP contribution in [-0.2, 0) is 17.9 Å². The molecular weight excluding hydrogens is 336 g/mol. The Labute approximate surface area is 162 Å². The molecule has 4 nitrogen and oxygen atoms in total. The monoisotopic (exact) mass is 366 g/mol. The number of hydrogen-bond donors (Lipinski definition) is 1. The zero-order valence-electron chi connectivity index (χ0n) is 16.6. The van der Waals surface area contributed by atoms with Crippen molar-refractivity contribution in [1.82, 2.24) is 10.2 Å². The topological polar surface area (TPSA) is 41.6 Å². The van der Waals surface area contributed by atoms with Gasteiger partial charge in [-0.3, -0.25) is 9.69 Å². The average molecular weight is 367 g/mol. The molecule has 1 heterocycles. The first-order chi connectivity index (χ1) is 13.0. The predicted molar refractivity (Wildman–Crippen MR) is 109 cm³/mol. The van der Waals surface area contributed by atoms with Gasteiger partial charge in [0.25, 0.3) is 5.91 Å². The Morgan fingerprint density at radius 3 is 2.52 bits per heavy atom. The largest absolute Gasteiger partial charge is 0.481 e. The van der Waals surface area contributed by atoms with Crippen molar-refractivity contribution in [3.05, 3.63) is 64.7 Å². The highest BCUT2D eigenvalue weighted by molar-refractivity contribution is 5.80. The molecule has 2 aromatic carbocycles. The van der Waals surface area contributed by atoms with Gasteiger partial charge in [-0.2, -0.15) is 0 Å². The van der Waals surface area contributed by atoms with Gasteiger partial charge in [0, 0.05) is 13.1 Å². The van der Waals surface area contributed by atoms with Crippen molar-refractivity contribution < 1.29 is 9.53 Å². The smallest absolute Gasteiger partial charge is 0.261 e. The van der Waals surface area contributed by atoms with E-state index in [9.17, 15) is 4.79 Å². The molecule has 4 heteroatoms. The summed E-state index contributed by atoms with van der Waals surface area (Å²) < 4.78 is 5.87. The summed E-state index contributed by atoms with van der Waals surface area (Å²) in [5.41, 5.74) is 4.70. The normalized spacial score (nSPS) is 15.5. The van der Waals surface area contributed by atoms with E-state index in [2.05, 4.69) is 34.5 Å². The Hall–Kier alpha value is -2.33. The van der Waals surface area contributed by atoms with E-state index < -0.39 is 6.10 Å². The molecule has 27 heavy (non-hydrogen) atoms. The lowest BCUT2D eigenvalue weighted by Gasteiger charge is -2.19. The number of nitrogens with zero attached hydrogens (tertiary/aromatic N) is 1. The van der Waals surface area contributed by atoms with Gasteiger partial charge in [-0.05, 0) is 69.5 Å². The number of hydrogen-bond acceptors (Lipinski definition) is 3. The van der Waals surface area contributed by atoms with Crippen LogP contribution in [0.2, 0.25) is 0 Å². The molecule has 1 amide bonds. The van der Waals surface area contributed by atoms with Gasteiger partial charge in [-0.15, -0.1) is 0 Å². The molecule has 144 valence electrons. The fourth-order valence-corrected chi connectivity index (χ4v) is 3.57. The molecule has 1 N–H and O–H groups in total. The van der Waals surface area contributed by atoms with Crippen molar-refractivity contribution >= 4 is 5.91 Å². The van der Waals surface area contributed by atoms with E-state index in [1.165, 1.54) is 42.6 Å². The van der Waals surface area contributed by atoms with Crippen LogP contribution in [-0.4, -0.2) is 30.0 Å². The number of nitrogens with one attached hydrogen (secondary N) is 1. The highest BCUT2D eigenvalue weighted by Crippen LogP contribution is 2.20. The molecule has 0 spiro atoms. The summed E-state index contributed by atoms with van der Waals surface area (Å²) in [5, 5.41) is 3.03. The molecule has 2 aromatic rings. The van der Waals surface area contributed by atoms with Crippen molar-refractivity contribution in [3.63, 3.8) is 0 Å². The molecule has 3 rings (SSSR count). The molecule has 1 unspecified atom stereocenters. The van der Waals surface area contributed by atoms with Crippen molar-refractivity contribution in [2.75, 3.05) is 13.1 Å². The average Bonchev–Trinajstić information content (AvgIpc) is 3.16. The highest BCUT2D eigenvalue weighted by atomic mass is 16.5. The van der Waals surface area contributed by atoms with E-state index in [0.717, 1.165) is 17.9 Å². The van der Waals surface area contributed by atoms with E-state index >= 15 is 0 Å². The van der Waals surface area contributed by atoms with Crippen LogP contribution in [0.1, 0.15) is 42.0 Å². The van der Waals surface area contributed by atoms with Gasteiger partial charge in [0.2, 0.25) is 0 Å². The van der Waals surface area contributed by atoms with Crippen LogP contribution in [0.4, 0.5) is 0 Å². The third kappa shape index (κ3) is 5.33. The number of amides is 1. The van der Waals surface area contributed by atoms with Crippen LogP contribution in [0.3, 0.4) is 0 Å². The third-order valence-electron chi connectivity index (χ3n) is 5.17. The van der Waals surface area contributed by atoms with Crippen molar-refractivity contribution in [2.45, 2.75) is 52.8 Å². The number of benzene rings is 2. The summed E-state index contributed by atoms with van der Waals surface area (Å²) >= 11 is 0. The fourth-order valence-electron chi connectivity index (χ4n) is 3.57. The molecule has 1 fully saturated rings. The molecule has 1 saturated heterocycles. The van der Waals surface area contributed by atoms with E-state index in [1.54, 1.807) is 6.92 Å². The molecule has 0 aliphatic carbocycles. The number of aryl methyl sites for hydroxylation is 2. The fraction of sp³-hybridized carbons (Fsp3) is 0.435. The van der Waals surface area contributed by atoms with Crippen LogP contribution in [0, 0.1) is 13.8 Å². The molecule has 0 aromatic heterocycles. The highest BCUT2D eigenvalue weighted by Gasteiger charge is 2.17. The van der Waals surface area contributed by atoms with Crippen LogP contribution in [0.25, 0.3) is 0 Å². The van der Waals surface area contributed by atoms with E-state index in [4.69, 9.17) is 4.74 Å². The predicted octanol–water partition coefficient (Wildman–Crippen LogP) is 3.98. The summed E-state index contributed by atoms with van der Waals surface area (Å²) in [7, 11) is 0. The summed E-state index contributed by atoms with van der Waals surface area (Å²) in [6.07, 6.45) is 2.04. The Balaban J connectivity index is 1.56. The van der Waals surface area contributed by atoms with Crippen LogP contribution >= 0.6 is 0 Å². The second-order valence-corrected chi connectivity index (χ2v) is 7.50. The number of carbonyl (C=O) groups is 1. The molecule has 1 atom stereocenters. The zero-order chi connectivity index (χ0) is 19.2. The van der Waals surface area contributed by atoms with Crippen LogP contribution in [0.15, 0.2) is 42.5 Å². The quantitative estimate of drug-likeness (QED) is 0.806. The lowest BCUT2D eigenvalue weighted by atomic mass is 10.1. The maximum absolute atomic E-state index is 12.5. The van der Waals surface area contributed by atoms with E-state index in [1.807, 2.05) is 32.0 Å².